The van der Waals surface area contributed by atoms with E-state index in [2.05, 4.69) is 5.32 Å². The van der Waals surface area contributed by atoms with Crippen molar-refractivity contribution in [1.82, 2.24) is 4.90 Å². The summed E-state index contributed by atoms with van der Waals surface area (Å²) in [4.78, 5) is 38.2. The molecule has 0 atom stereocenters. The summed E-state index contributed by atoms with van der Waals surface area (Å²) in [5.74, 6) is -0.203. The number of esters is 1. The summed E-state index contributed by atoms with van der Waals surface area (Å²) in [6, 6.07) is 13.9. The van der Waals surface area contributed by atoms with Gasteiger partial charge in [0.05, 0.1) is 5.56 Å². The molecule has 1 saturated carbocycles. The van der Waals surface area contributed by atoms with Crippen LogP contribution in [-0.4, -0.2) is 35.8 Å². The van der Waals surface area contributed by atoms with E-state index in [1.165, 1.54) is 0 Å². The quantitative estimate of drug-likeness (QED) is 0.762. The highest BCUT2D eigenvalue weighted by Crippen LogP contribution is 2.30. The van der Waals surface area contributed by atoms with Gasteiger partial charge in [-0.25, -0.2) is 4.79 Å². The summed E-state index contributed by atoms with van der Waals surface area (Å²) in [5, 5.41) is 2.84. The third-order valence-corrected chi connectivity index (χ3v) is 5.30. The molecule has 0 radical (unpaired) electrons. The van der Waals surface area contributed by atoms with Crippen LogP contribution in [0, 0.1) is 5.92 Å². The molecule has 0 spiro atoms. The Morgan fingerprint density at radius 1 is 0.897 bits per heavy atom. The molecule has 150 valence electrons. The summed E-state index contributed by atoms with van der Waals surface area (Å²) < 4.78 is 5.36. The lowest BCUT2D eigenvalue weighted by molar-refractivity contribution is -0.117. The van der Waals surface area contributed by atoms with Crippen LogP contribution in [0.25, 0.3) is 0 Å². The van der Waals surface area contributed by atoms with Gasteiger partial charge in [0.1, 0.15) is 6.61 Å². The van der Waals surface area contributed by atoms with Crippen molar-refractivity contribution in [3.8, 4) is 0 Å². The van der Waals surface area contributed by atoms with Crippen LogP contribution in [0.3, 0.4) is 0 Å². The summed E-state index contributed by atoms with van der Waals surface area (Å²) in [6.07, 6.45) is 4.02. The van der Waals surface area contributed by atoms with E-state index in [1.807, 2.05) is 17.0 Å². The first-order valence-corrected chi connectivity index (χ1v) is 10.1. The van der Waals surface area contributed by atoms with Gasteiger partial charge in [0.25, 0.3) is 5.91 Å². The Hall–Kier alpha value is -3.15. The van der Waals surface area contributed by atoms with Gasteiger partial charge in [0.2, 0.25) is 5.91 Å². The van der Waals surface area contributed by atoms with Gasteiger partial charge in [-0.3, -0.25) is 9.59 Å². The van der Waals surface area contributed by atoms with Crippen LogP contribution in [-0.2, 0) is 16.1 Å². The maximum Gasteiger partial charge on any atom is 0.338 e. The molecule has 2 amide bonds. The second-order valence-corrected chi connectivity index (χ2v) is 7.61. The zero-order valence-electron chi connectivity index (χ0n) is 16.2. The first kappa shape index (κ1) is 19.2. The highest BCUT2D eigenvalue weighted by atomic mass is 16.5. The average Bonchev–Trinajstić information content (AvgIpc) is 3.47. The van der Waals surface area contributed by atoms with Crippen LogP contribution in [0.5, 0.6) is 0 Å². The van der Waals surface area contributed by atoms with Crippen molar-refractivity contribution in [2.45, 2.75) is 32.3 Å². The van der Waals surface area contributed by atoms with Crippen molar-refractivity contribution >= 4 is 23.5 Å². The number of rotatable bonds is 6. The fourth-order valence-electron chi connectivity index (χ4n) is 3.36. The monoisotopic (exact) mass is 392 g/mol. The first-order chi connectivity index (χ1) is 14.1. The molecule has 0 unspecified atom stereocenters. The van der Waals surface area contributed by atoms with Gasteiger partial charge < -0.3 is 15.0 Å². The lowest BCUT2D eigenvalue weighted by Crippen LogP contribution is -2.27. The highest BCUT2D eigenvalue weighted by Gasteiger charge is 2.29. The van der Waals surface area contributed by atoms with E-state index >= 15 is 0 Å². The Balaban J connectivity index is 1.28. The van der Waals surface area contributed by atoms with Crippen LogP contribution in [0.15, 0.2) is 48.5 Å². The second-order valence-electron chi connectivity index (χ2n) is 7.61. The van der Waals surface area contributed by atoms with Crippen LogP contribution < -0.4 is 5.32 Å². The Morgan fingerprint density at radius 3 is 2.14 bits per heavy atom. The zero-order chi connectivity index (χ0) is 20.2. The van der Waals surface area contributed by atoms with E-state index in [9.17, 15) is 14.4 Å². The number of nitrogens with zero attached hydrogens (tertiary/aromatic N) is 1. The zero-order valence-corrected chi connectivity index (χ0v) is 16.2. The van der Waals surface area contributed by atoms with Gasteiger partial charge in [0.15, 0.2) is 0 Å². The number of hydrogen-bond acceptors (Lipinski definition) is 4. The van der Waals surface area contributed by atoms with E-state index < -0.39 is 5.97 Å². The SMILES string of the molecule is O=C(OCc1ccc(C(=O)N2CCCC2)cc1)c1ccc(NC(=O)C2CC2)cc1. The van der Waals surface area contributed by atoms with E-state index in [0.717, 1.165) is 44.3 Å². The summed E-state index contributed by atoms with van der Waals surface area (Å²) >= 11 is 0. The minimum absolute atomic E-state index is 0.0342. The van der Waals surface area contributed by atoms with E-state index in [0.29, 0.717) is 16.8 Å². The number of amides is 2. The molecule has 6 nitrogen and oxygen atoms in total. The Morgan fingerprint density at radius 2 is 1.52 bits per heavy atom. The van der Waals surface area contributed by atoms with Crippen molar-refractivity contribution < 1.29 is 19.1 Å². The molecule has 2 aromatic carbocycles. The van der Waals surface area contributed by atoms with Gasteiger partial charge in [0, 0.05) is 30.3 Å². The largest absolute Gasteiger partial charge is 0.457 e. The molecule has 1 saturated heterocycles. The van der Waals surface area contributed by atoms with Crippen LogP contribution in [0.2, 0.25) is 0 Å². The number of nitrogens with one attached hydrogen (secondary N) is 1. The number of hydrogen-bond donors (Lipinski definition) is 1. The van der Waals surface area contributed by atoms with Crippen molar-refractivity contribution in [3.05, 3.63) is 65.2 Å². The van der Waals surface area contributed by atoms with Gasteiger partial charge in [-0.2, -0.15) is 0 Å². The lowest BCUT2D eigenvalue weighted by Gasteiger charge is -2.15. The molecule has 2 aliphatic rings. The molecular weight excluding hydrogens is 368 g/mol. The topological polar surface area (TPSA) is 75.7 Å². The normalized spacial score (nSPS) is 15.8. The molecule has 29 heavy (non-hydrogen) atoms. The summed E-state index contributed by atoms with van der Waals surface area (Å²) in [7, 11) is 0. The molecule has 1 heterocycles. The average molecular weight is 392 g/mol. The molecule has 4 rings (SSSR count). The molecule has 1 N–H and O–H groups in total. The Kier molecular flexibility index (Phi) is 5.60. The standard InChI is InChI=1S/C23H24N2O4/c26-21(17-7-8-17)24-20-11-9-19(10-12-20)23(28)29-15-16-3-5-18(6-4-16)22(27)25-13-1-2-14-25/h3-6,9-12,17H,1-2,7-8,13-15H2,(H,24,26). The second kappa shape index (κ2) is 8.47. The minimum Gasteiger partial charge on any atom is -0.457 e. The molecule has 6 heteroatoms. The molecule has 0 aromatic heterocycles. The predicted molar refractivity (Wildman–Crippen MR) is 108 cm³/mol. The fourth-order valence-corrected chi connectivity index (χ4v) is 3.36. The number of ether oxygens (including phenoxy) is 1. The Labute approximate surface area is 169 Å². The smallest absolute Gasteiger partial charge is 0.338 e. The number of carbonyl (C=O) groups is 3. The van der Waals surface area contributed by atoms with Crippen molar-refractivity contribution in [3.63, 3.8) is 0 Å². The van der Waals surface area contributed by atoms with E-state index in [-0.39, 0.29) is 24.3 Å². The van der Waals surface area contributed by atoms with E-state index in [4.69, 9.17) is 4.74 Å². The van der Waals surface area contributed by atoms with Crippen molar-refractivity contribution in [1.29, 1.82) is 0 Å². The number of anilines is 1. The van der Waals surface area contributed by atoms with Gasteiger partial charge >= 0.3 is 5.97 Å². The molecule has 2 aromatic rings. The number of carbonyl (C=O) groups excluding carboxylic acids is 3. The predicted octanol–water partition coefficient (Wildman–Crippen LogP) is 3.63. The van der Waals surface area contributed by atoms with Crippen LogP contribution in [0.1, 0.15) is 52.0 Å². The van der Waals surface area contributed by atoms with Crippen molar-refractivity contribution in [2.75, 3.05) is 18.4 Å². The number of benzene rings is 2. The van der Waals surface area contributed by atoms with Gasteiger partial charge in [-0.05, 0) is 67.6 Å². The number of likely N-dealkylation sites (tertiary alicyclic amines) is 1. The molecular formula is C23H24N2O4. The van der Waals surface area contributed by atoms with E-state index in [1.54, 1.807) is 36.4 Å². The Bertz CT molecular complexity index is 895. The van der Waals surface area contributed by atoms with Crippen LogP contribution >= 0.6 is 0 Å². The lowest BCUT2D eigenvalue weighted by atomic mass is 10.1. The van der Waals surface area contributed by atoms with Gasteiger partial charge in [-0.15, -0.1) is 0 Å². The molecule has 2 fully saturated rings. The summed E-state index contributed by atoms with van der Waals surface area (Å²) in [6.45, 7) is 1.78. The van der Waals surface area contributed by atoms with Crippen molar-refractivity contribution in [2.24, 2.45) is 5.92 Å². The first-order valence-electron chi connectivity index (χ1n) is 10.1. The fraction of sp³-hybridized carbons (Fsp3) is 0.348. The maximum absolute atomic E-state index is 12.4. The third-order valence-electron chi connectivity index (χ3n) is 5.30. The van der Waals surface area contributed by atoms with Crippen LogP contribution in [0.4, 0.5) is 5.69 Å². The molecule has 0 bridgehead atoms. The third kappa shape index (κ3) is 4.83. The maximum atomic E-state index is 12.4. The molecule has 1 aliphatic heterocycles. The van der Waals surface area contributed by atoms with Gasteiger partial charge in [-0.1, -0.05) is 12.1 Å². The highest BCUT2D eigenvalue weighted by molar-refractivity contribution is 5.95. The summed E-state index contributed by atoms with van der Waals surface area (Å²) in [5.41, 5.74) is 2.59. The molecule has 1 aliphatic carbocycles. The minimum atomic E-state index is -0.428.